The van der Waals surface area contributed by atoms with Gasteiger partial charge in [-0.25, -0.2) is 0 Å². The molecule has 0 aliphatic carbocycles. The van der Waals surface area contributed by atoms with Crippen LogP contribution in [0.15, 0.2) is 40.4 Å². The summed E-state index contributed by atoms with van der Waals surface area (Å²) in [5.74, 6) is 0.595. The van der Waals surface area contributed by atoms with E-state index in [-0.39, 0.29) is 11.6 Å². The number of hydrogen-bond donors (Lipinski definition) is 0. The van der Waals surface area contributed by atoms with Crippen LogP contribution in [0.3, 0.4) is 0 Å². The summed E-state index contributed by atoms with van der Waals surface area (Å²) in [5.41, 5.74) is 0.336. The number of aromatic nitrogens is 1. The van der Waals surface area contributed by atoms with Gasteiger partial charge in [0.1, 0.15) is 5.69 Å². The molecule has 0 spiro atoms. The Balaban J connectivity index is 1.85. The molecule has 5 rings (SSSR count). The molecule has 5 heteroatoms. The second-order valence-electron chi connectivity index (χ2n) is 6.06. The zero-order valence-electron chi connectivity index (χ0n) is 11.7. The van der Waals surface area contributed by atoms with Gasteiger partial charge < -0.3 is 9.47 Å². The molecule has 0 N–H and O–H groups in total. The highest BCUT2D eigenvalue weighted by Crippen LogP contribution is 2.35. The summed E-state index contributed by atoms with van der Waals surface area (Å²) in [5, 5.41) is 4.25. The Morgan fingerprint density at radius 1 is 1.10 bits per heavy atom. The van der Waals surface area contributed by atoms with Crippen molar-refractivity contribution in [1.29, 1.82) is 0 Å². The zero-order chi connectivity index (χ0) is 14.4. The van der Waals surface area contributed by atoms with Gasteiger partial charge in [-0.05, 0) is 55.2 Å². The van der Waals surface area contributed by atoms with Crippen LogP contribution in [0.1, 0.15) is 18.9 Å². The van der Waals surface area contributed by atoms with Gasteiger partial charge in [0.05, 0.1) is 6.04 Å². The minimum atomic E-state index is -0.00301. The third kappa shape index (κ3) is 1.92. The summed E-state index contributed by atoms with van der Waals surface area (Å²) < 4.78 is 1.87. The molecular weight excluding hydrogens is 266 g/mol. The number of nitroso groups, excluding NO2 is 1. The first-order valence-electron chi connectivity index (χ1n) is 7.47. The predicted octanol–water partition coefficient (Wildman–Crippen LogP) is 2.67. The van der Waals surface area contributed by atoms with Gasteiger partial charge in [0.25, 0.3) is 5.56 Å². The molecule has 3 aliphatic rings. The fourth-order valence-electron chi connectivity index (χ4n) is 3.87. The number of hydrogen-bond acceptors (Lipinski definition) is 4. The third-order valence-electron chi connectivity index (χ3n) is 5.03. The zero-order valence-corrected chi connectivity index (χ0v) is 11.7. The molecule has 2 aromatic rings. The van der Waals surface area contributed by atoms with E-state index in [4.69, 9.17) is 0 Å². The molecule has 4 heterocycles. The molecule has 0 amide bonds. The highest BCUT2D eigenvalue weighted by Gasteiger charge is 2.35. The molecule has 108 valence electrons. The van der Waals surface area contributed by atoms with Gasteiger partial charge in [-0.3, -0.25) is 4.79 Å². The average Bonchev–Trinajstić information content (AvgIpc) is 2.56. The van der Waals surface area contributed by atoms with E-state index in [0.717, 1.165) is 19.6 Å². The molecular formula is C16H17N3O2. The van der Waals surface area contributed by atoms with E-state index >= 15 is 0 Å². The fraction of sp³-hybridized carbons (Fsp3) is 0.438. The molecule has 1 unspecified atom stereocenters. The van der Waals surface area contributed by atoms with E-state index in [0.29, 0.717) is 22.4 Å². The predicted molar refractivity (Wildman–Crippen MR) is 81.9 cm³/mol. The van der Waals surface area contributed by atoms with Crippen molar-refractivity contribution in [3.63, 3.8) is 0 Å². The molecule has 2 bridgehead atoms. The second kappa shape index (κ2) is 4.77. The smallest absolute Gasteiger partial charge is 0.258 e. The fourth-order valence-corrected chi connectivity index (χ4v) is 3.87. The monoisotopic (exact) mass is 283 g/mol. The summed E-state index contributed by atoms with van der Waals surface area (Å²) in [6.07, 6.45) is 4.18. The van der Waals surface area contributed by atoms with Crippen molar-refractivity contribution in [2.45, 2.75) is 18.9 Å². The highest BCUT2D eigenvalue weighted by atomic mass is 16.3. The Hall–Kier alpha value is -2.01. The van der Waals surface area contributed by atoms with E-state index in [9.17, 15) is 9.70 Å². The second-order valence-corrected chi connectivity index (χ2v) is 6.06. The number of pyridine rings is 1. The lowest BCUT2D eigenvalue weighted by Gasteiger charge is -2.45. The number of nitrogens with zero attached hydrogens (tertiary/aromatic N) is 3. The molecule has 0 radical (unpaired) electrons. The Bertz CT molecular complexity index is 760. The van der Waals surface area contributed by atoms with Crippen molar-refractivity contribution in [2.24, 2.45) is 11.1 Å². The quantitative estimate of drug-likeness (QED) is 0.796. The minimum Gasteiger partial charge on any atom is -0.310 e. The van der Waals surface area contributed by atoms with Crippen molar-refractivity contribution in [1.82, 2.24) is 9.47 Å². The topological polar surface area (TPSA) is 54.7 Å². The summed E-state index contributed by atoms with van der Waals surface area (Å²) >= 11 is 0. The molecule has 3 aliphatic heterocycles. The van der Waals surface area contributed by atoms with Gasteiger partial charge in [-0.2, -0.15) is 0 Å². The Morgan fingerprint density at radius 3 is 2.57 bits per heavy atom. The average molecular weight is 283 g/mol. The summed E-state index contributed by atoms with van der Waals surface area (Å²) in [6, 6.07) is 7.27. The van der Waals surface area contributed by atoms with Gasteiger partial charge in [0, 0.05) is 23.5 Å². The van der Waals surface area contributed by atoms with Gasteiger partial charge in [-0.1, -0.05) is 6.07 Å². The molecule has 1 aromatic heterocycles. The summed E-state index contributed by atoms with van der Waals surface area (Å²) in [7, 11) is 0. The van der Waals surface area contributed by atoms with Gasteiger partial charge >= 0.3 is 0 Å². The van der Waals surface area contributed by atoms with E-state index in [1.807, 2.05) is 16.8 Å². The molecule has 1 aromatic carbocycles. The molecule has 21 heavy (non-hydrogen) atoms. The first-order valence-corrected chi connectivity index (χ1v) is 7.47. The van der Waals surface area contributed by atoms with E-state index in [1.165, 1.54) is 12.8 Å². The van der Waals surface area contributed by atoms with Crippen LogP contribution < -0.4 is 5.56 Å². The van der Waals surface area contributed by atoms with Crippen LogP contribution >= 0.6 is 0 Å². The molecule has 1 atom stereocenters. The Labute approximate surface area is 122 Å². The van der Waals surface area contributed by atoms with Gasteiger partial charge in [0.2, 0.25) is 0 Å². The summed E-state index contributed by atoms with van der Waals surface area (Å²) in [4.78, 5) is 26.1. The number of piperidine rings is 3. The number of benzene rings is 1. The third-order valence-corrected chi connectivity index (χ3v) is 5.03. The number of rotatable bonds is 2. The lowest BCUT2D eigenvalue weighted by molar-refractivity contribution is 0.0556. The minimum absolute atomic E-state index is 0.00301. The van der Waals surface area contributed by atoms with Crippen LogP contribution in [0.4, 0.5) is 5.69 Å². The lowest BCUT2D eigenvalue weighted by atomic mass is 9.84. The van der Waals surface area contributed by atoms with Crippen LogP contribution in [0.2, 0.25) is 0 Å². The standard InChI is InChI=1S/C16H17N3O2/c20-16-13-2-1-3-14(17-21)12(13)6-9-19(16)15-10-18-7-4-11(15)5-8-18/h1-3,6,9,11,15H,4-5,7-8,10H2. The van der Waals surface area contributed by atoms with Crippen LogP contribution in [-0.2, 0) is 0 Å². The normalized spacial score (nSPS) is 27.9. The Kier molecular flexibility index (Phi) is 2.89. The largest absolute Gasteiger partial charge is 0.310 e. The van der Waals surface area contributed by atoms with Crippen LogP contribution in [0, 0.1) is 10.8 Å². The first kappa shape index (κ1) is 12.7. The molecule has 3 fully saturated rings. The summed E-state index contributed by atoms with van der Waals surface area (Å²) in [6.45, 7) is 3.27. The van der Waals surface area contributed by atoms with Gasteiger partial charge in [-0.15, -0.1) is 4.91 Å². The SMILES string of the molecule is O=Nc1cccc2c(=O)n(C3CN4CCC3CC4)ccc12. The van der Waals surface area contributed by atoms with Gasteiger partial charge in [0.15, 0.2) is 0 Å². The van der Waals surface area contributed by atoms with Crippen LogP contribution in [0.5, 0.6) is 0 Å². The van der Waals surface area contributed by atoms with E-state index < -0.39 is 0 Å². The molecule has 5 nitrogen and oxygen atoms in total. The van der Waals surface area contributed by atoms with Crippen LogP contribution in [0.25, 0.3) is 10.8 Å². The maximum atomic E-state index is 12.8. The maximum Gasteiger partial charge on any atom is 0.258 e. The van der Waals surface area contributed by atoms with Crippen LogP contribution in [-0.4, -0.2) is 29.1 Å². The lowest BCUT2D eigenvalue weighted by Crippen LogP contribution is -2.49. The van der Waals surface area contributed by atoms with Crippen molar-refractivity contribution < 1.29 is 0 Å². The van der Waals surface area contributed by atoms with Crippen molar-refractivity contribution in [2.75, 3.05) is 19.6 Å². The van der Waals surface area contributed by atoms with Crippen molar-refractivity contribution in [3.8, 4) is 0 Å². The van der Waals surface area contributed by atoms with Crippen molar-refractivity contribution >= 4 is 16.5 Å². The van der Waals surface area contributed by atoms with Crippen molar-refractivity contribution in [3.05, 3.63) is 45.7 Å². The maximum absolute atomic E-state index is 12.8. The van der Waals surface area contributed by atoms with E-state index in [1.54, 1.807) is 18.2 Å². The first-order chi connectivity index (χ1) is 10.3. The molecule has 3 saturated heterocycles. The van der Waals surface area contributed by atoms with E-state index in [2.05, 4.69) is 10.1 Å². The molecule has 0 saturated carbocycles. The highest BCUT2D eigenvalue weighted by molar-refractivity contribution is 5.91. The Morgan fingerprint density at radius 2 is 1.90 bits per heavy atom. The number of fused-ring (bicyclic) bond motifs is 4.